The van der Waals surface area contributed by atoms with Crippen LogP contribution in [-0.4, -0.2) is 54.8 Å². The van der Waals surface area contributed by atoms with Crippen molar-refractivity contribution in [2.45, 2.75) is 18.9 Å². The van der Waals surface area contributed by atoms with Crippen LogP contribution in [0.25, 0.3) is 0 Å². The van der Waals surface area contributed by atoms with E-state index in [1.807, 2.05) is 0 Å². The molecule has 1 atom stereocenters. The number of hydrogen-bond acceptors (Lipinski definition) is 9. The molecule has 0 aliphatic heterocycles. The summed E-state index contributed by atoms with van der Waals surface area (Å²) in [7, 11) is 0. The highest BCUT2D eigenvalue weighted by molar-refractivity contribution is 6.18. The van der Waals surface area contributed by atoms with Crippen molar-refractivity contribution in [2.24, 2.45) is 5.73 Å². The molecule has 0 saturated carbocycles. The van der Waals surface area contributed by atoms with Crippen LogP contribution in [0.1, 0.15) is 33.6 Å². The zero-order chi connectivity index (χ0) is 24.9. The fourth-order valence-corrected chi connectivity index (χ4v) is 3.01. The van der Waals surface area contributed by atoms with E-state index in [4.69, 9.17) is 38.4 Å². The van der Waals surface area contributed by atoms with Gasteiger partial charge in [-0.2, -0.15) is 0 Å². The molecule has 0 saturated heterocycles. The Morgan fingerprint density at radius 3 is 1.76 bits per heavy atom. The lowest BCUT2D eigenvalue weighted by molar-refractivity contribution is -0.140. The van der Waals surface area contributed by atoms with E-state index in [0.717, 1.165) is 0 Å². The number of ether oxygens (including phenoxy) is 2. The molecule has 0 aromatic heterocycles. The number of para-hydroxylation sites is 2. The molecule has 182 valence electrons. The van der Waals surface area contributed by atoms with E-state index in [9.17, 15) is 19.2 Å². The Bertz CT molecular complexity index is 1020. The molecular weight excluding hydrogens is 485 g/mol. The fourth-order valence-electron chi connectivity index (χ4n) is 2.82. The number of hydrogen-bond donors (Lipinski definition) is 3. The van der Waals surface area contributed by atoms with Crippen molar-refractivity contribution >= 4 is 58.5 Å². The summed E-state index contributed by atoms with van der Waals surface area (Å²) in [6.07, 6.45) is -0.516. The summed E-state index contributed by atoms with van der Waals surface area (Å²) >= 11 is 11.3. The Balaban J connectivity index is 1.87. The van der Waals surface area contributed by atoms with E-state index in [2.05, 4.69) is 10.6 Å². The van der Waals surface area contributed by atoms with Crippen molar-refractivity contribution < 1.29 is 28.7 Å². The van der Waals surface area contributed by atoms with Crippen molar-refractivity contribution in [3.8, 4) is 0 Å². The number of anilines is 2. The highest BCUT2D eigenvalue weighted by Crippen LogP contribution is 2.18. The van der Waals surface area contributed by atoms with Crippen LogP contribution in [0.3, 0.4) is 0 Å². The SMILES string of the molecule is NC(CCC(=O)OC(=O)c1ccccc1NCCCl)C(=O)OC(=O)c1ccccc1NCCCl. The summed E-state index contributed by atoms with van der Waals surface area (Å²) in [4.78, 5) is 49.0. The maximum atomic E-state index is 12.4. The number of benzene rings is 2. The Labute approximate surface area is 206 Å². The molecule has 9 nitrogen and oxygen atoms in total. The van der Waals surface area contributed by atoms with Gasteiger partial charge >= 0.3 is 23.9 Å². The van der Waals surface area contributed by atoms with Gasteiger partial charge in [0.2, 0.25) is 0 Å². The van der Waals surface area contributed by atoms with Gasteiger partial charge in [-0.15, -0.1) is 23.2 Å². The number of alkyl halides is 2. The maximum Gasteiger partial charge on any atom is 0.347 e. The quantitative estimate of drug-likeness (QED) is 0.223. The Morgan fingerprint density at radius 1 is 0.794 bits per heavy atom. The van der Waals surface area contributed by atoms with E-state index in [1.165, 1.54) is 12.1 Å². The molecule has 2 aromatic rings. The summed E-state index contributed by atoms with van der Waals surface area (Å²) < 4.78 is 9.69. The highest BCUT2D eigenvalue weighted by atomic mass is 35.5. The second-order valence-electron chi connectivity index (χ2n) is 6.94. The molecule has 2 rings (SSSR count). The highest BCUT2D eigenvalue weighted by Gasteiger charge is 2.24. The monoisotopic (exact) mass is 509 g/mol. The van der Waals surface area contributed by atoms with Crippen molar-refractivity contribution in [3.05, 3.63) is 59.7 Å². The van der Waals surface area contributed by atoms with Crippen LogP contribution in [0.2, 0.25) is 0 Å². The number of carbonyl (C=O) groups is 4. The van der Waals surface area contributed by atoms with Crippen LogP contribution < -0.4 is 16.4 Å². The van der Waals surface area contributed by atoms with Gasteiger partial charge in [-0.3, -0.25) is 4.79 Å². The van der Waals surface area contributed by atoms with Crippen LogP contribution in [0.4, 0.5) is 11.4 Å². The van der Waals surface area contributed by atoms with Crippen LogP contribution in [0.5, 0.6) is 0 Å². The summed E-state index contributed by atoms with van der Waals surface area (Å²) in [6, 6.07) is 11.7. The van der Waals surface area contributed by atoms with Gasteiger partial charge in [0.15, 0.2) is 0 Å². The lowest BCUT2D eigenvalue weighted by Crippen LogP contribution is -2.34. The Hall–Kier alpha value is -3.14. The fraction of sp³-hybridized carbons (Fsp3) is 0.304. The van der Waals surface area contributed by atoms with Crippen LogP contribution in [0.15, 0.2) is 48.5 Å². The molecule has 11 heteroatoms. The zero-order valence-corrected chi connectivity index (χ0v) is 19.7. The van der Waals surface area contributed by atoms with Gasteiger partial charge in [-0.1, -0.05) is 24.3 Å². The molecule has 0 radical (unpaired) electrons. The lowest BCUT2D eigenvalue weighted by Gasteiger charge is -2.13. The van der Waals surface area contributed by atoms with Gasteiger partial charge in [0.05, 0.1) is 11.1 Å². The molecule has 0 fully saturated rings. The van der Waals surface area contributed by atoms with Gasteiger partial charge in [0.25, 0.3) is 0 Å². The number of rotatable bonds is 12. The average molecular weight is 510 g/mol. The van der Waals surface area contributed by atoms with Crippen molar-refractivity contribution in [1.29, 1.82) is 0 Å². The van der Waals surface area contributed by atoms with Gasteiger partial charge in [0.1, 0.15) is 6.04 Å². The van der Waals surface area contributed by atoms with Gasteiger partial charge < -0.3 is 25.8 Å². The minimum atomic E-state index is -1.27. The number of halogens is 2. The van der Waals surface area contributed by atoms with Crippen LogP contribution >= 0.6 is 23.2 Å². The normalized spacial score (nSPS) is 11.3. The first-order chi connectivity index (χ1) is 16.4. The number of esters is 4. The minimum Gasteiger partial charge on any atom is -0.389 e. The van der Waals surface area contributed by atoms with E-state index in [1.54, 1.807) is 36.4 Å². The maximum absolute atomic E-state index is 12.4. The first kappa shape index (κ1) is 27.1. The second kappa shape index (κ2) is 14.2. The second-order valence-corrected chi connectivity index (χ2v) is 7.69. The lowest BCUT2D eigenvalue weighted by atomic mass is 10.1. The third kappa shape index (κ3) is 8.33. The molecule has 0 amide bonds. The standard InChI is InChI=1S/C23H25Cl2N3O6/c24-11-13-27-18-7-3-1-5-15(18)21(30)33-20(29)10-9-17(26)23(32)34-22(31)16-6-2-4-8-19(16)28-14-12-25/h1-8,17,27-28H,9-14,26H2. The summed E-state index contributed by atoms with van der Waals surface area (Å²) in [6.45, 7) is 0.829. The van der Waals surface area contributed by atoms with Gasteiger partial charge in [0, 0.05) is 42.6 Å². The third-order valence-corrected chi connectivity index (χ3v) is 4.85. The summed E-state index contributed by atoms with van der Waals surface area (Å²) in [5, 5.41) is 5.91. The molecule has 0 spiro atoms. The third-order valence-electron chi connectivity index (χ3n) is 4.48. The molecule has 0 bridgehead atoms. The van der Waals surface area contributed by atoms with E-state index >= 15 is 0 Å². The smallest absolute Gasteiger partial charge is 0.347 e. The van der Waals surface area contributed by atoms with Crippen molar-refractivity contribution in [1.82, 2.24) is 0 Å². The summed E-state index contributed by atoms with van der Waals surface area (Å²) in [5.41, 5.74) is 6.99. The number of nitrogens with one attached hydrogen (secondary N) is 2. The van der Waals surface area contributed by atoms with E-state index < -0.39 is 29.9 Å². The van der Waals surface area contributed by atoms with Gasteiger partial charge in [-0.25, -0.2) is 14.4 Å². The van der Waals surface area contributed by atoms with Gasteiger partial charge in [-0.05, 0) is 30.7 Å². The summed E-state index contributed by atoms with van der Waals surface area (Å²) in [5.74, 6) is -2.98. The molecule has 0 heterocycles. The predicted molar refractivity (Wildman–Crippen MR) is 129 cm³/mol. The Morgan fingerprint density at radius 2 is 1.26 bits per heavy atom. The van der Waals surface area contributed by atoms with E-state index in [-0.39, 0.29) is 24.0 Å². The largest absolute Gasteiger partial charge is 0.389 e. The van der Waals surface area contributed by atoms with Crippen LogP contribution in [-0.2, 0) is 19.1 Å². The molecular formula is C23H25Cl2N3O6. The molecule has 34 heavy (non-hydrogen) atoms. The molecule has 4 N–H and O–H groups in total. The molecule has 1 unspecified atom stereocenters. The Kier molecular flexibility index (Phi) is 11.3. The molecule has 2 aromatic carbocycles. The zero-order valence-electron chi connectivity index (χ0n) is 18.2. The number of carbonyl (C=O) groups excluding carboxylic acids is 4. The first-order valence-electron chi connectivity index (χ1n) is 10.4. The van der Waals surface area contributed by atoms with Crippen molar-refractivity contribution in [2.75, 3.05) is 35.5 Å². The van der Waals surface area contributed by atoms with E-state index in [0.29, 0.717) is 36.2 Å². The predicted octanol–water partition coefficient (Wildman–Crippen LogP) is 3.16. The van der Waals surface area contributed by atoms with Crippen molar-refractivity contribution in [3.63, 3.8) is 0 Å². The van der Waals surface area contributed by atoms with Crippen LogP contribution in [0, 0.1) is 0 Å². The number of nitrogens with two attached hydrogens (primary N) is 1. The first-order valence-corrected chi connectivity index (χ1v) is 11.5. The molecule has 0 aliphatic rings. The molecule has 0 aliphatic carbocycles. The minimum absolute atomic E-state index is 0.139. The average Bonchev–Trinajstić information content (AvgIpc) is 2.84. The topological polar surface area (TPSA) is 137 Å².